The Morgan fingerprint density at radius 1 is 1.38 bits per heavy atom. The van der Waals surface area contributed by atoms with Crippen LogP contribution < -0.4 is 4.74 Å². The van der Waals surface area contributed by atoms with Crippen LogP contribution in [-0.2, 0) is 0 Å². The Hall–Kier alpha value is -0.230. The molecule has 0 aromatic heterocycles. The molecule has 0 saturated heterocycles. The fourth-order valence-electron chi connectivity index (χ4n) is 1.18. The lowest BCUT2D eigenvalue weighted by Crippen LogP contribution is -2.16. The number of alkyl halides is 4. The molecule has 6 heteroatoms. The average molecular weight is 362 g/mol. The minimum atomic E-state index is -4.34. The third-order valence-corrected chi connectivity index (χ3v) is 3.34. The normalized spacial score (nSPS) is 13.6. The first kappa shape index (κ1) is 13.8. The lowest BCUT2D eigenvalue weighted by Gasteiger charge is -2.18. The Balaban J connectivity index is 3.14. The van der Waals surface area contributed by atoms with Crippen LogP contribution in [0.25, 0.3) is 0 Å². The van der Waals surface area contributed by atoms with Crippen LogP contribution in [0.5, 0.6) is 5.75 Å². The molecular weight excluding hydrogens is 353 g/mol. The molecule has 0 fully saturated rings. The highest BCUT2D eigenvalue weighted by molar-refractivity contribution is 9.10. The number of hydrogen-bond donors (Lipinski definition) is 0. The summed E-state index contributed by atoms with van der Waals surface area (Å²) in [6.07, 6.45) is -4.34. The Labute approximate surface area is 108 Å². The SMILES string of the molecule is CCOc1ccc(Br)cc1C(Br)C(F)(F)F. The van der Waals surface area contributed by atoms with Gasteiger partial charge in [-0.2, -0.15) is 13.2 Å². The van der Waals surface area contributed by atoms with Crippen molar-refractivity contribution in [1.29, 1.82) is 0 Å². The quantitative estimate of drug-likeness (QED) is 0.699. The molecule has 1 aromatic carbocycles. The molecular formula is C10H9Br2F3O. The fraction of sp³-hybridized carbons (Fsp3) is 0.400. The Kier molecular flexibility index (Phi) is 4.67. The minimum absolute atomic E-state index is 0.0729. The molecule has 1 atom stereocenters. The lowest BCUT2D eigenvalue weighted by molar-refractivity contribution is -0.128. The summed E-state index contributed by atoms with van der Waals surface area (Å²) in [7, 11) is 0. The highest BCUT2D eigenvalue weighted by atomic mass is 79.9. The number of halogens is 5. The topological polar surface area (TPSA) is 9.23 Å². The van der Waals surface area contributed by atoms with E-state index < -0.39 is 11.0 Å². The second-order valence-electron chi connectivity index (χ2n) is 3.02. The number of benzene rings is 1. The number of hydrogen-bond acceptors (Lipinski definition) is 1. The molecule has 90 valence electrons. The van der Waals surface area contributed by atoms with E-state index in [1.165, 1.54) is 12.1 Å². The molecule has 0 heterocycles. The maximum Gasteiger partial charge on any atom is 0.405 e. The van der Waals surface area contributed by atoms with Gasteiger partial charge >= 0.3 is 6.18 Å². The molecule has 0 saturated carbocycles. The van der Waals surface area contributed by atoms with Gasteiger partial charge in [-0.3, -0.25) is 0 Å². The molecule has 16 heavy (non-hydrogen) atoms. The molecule has 1 rings (SSSR count). The molecule has 0 spiro atoms. The van der Waals surface area contributed by atoms with Gasteiger partial charge in [-0.15, -0.1) is 0 Å². The molecule has 0 aliphatic heterocycles. The van der Waals surface area contributed by atoms with Crippen LogP contribution in [0.3, 0.4) is 0 Å². The van der Waals surface area contributed by atoms with E-state index in [2.05, 4.69) is 31.9 Å². The van der Waals surface area contributed by atoms with E-state index in [0.29, 0.717) is 11.1 Å². The van der Waals surface area contributed by atoms with Crippen molar-refractivity contribution in [3.05, 3.63) is 28.2 Å². The standard InChI is InChI=1S/C10H9Br2F3O/c1-2-16-8-4-3-6(11)5-7(8)9(12)10(13,14)15/h3-5,9H,2H2,1H3. The maximum atomic E-state index is 12.6. The van der Waals surface area contributed by atoms with Crippen LogP contribution in [0.15, 0.2) is 22.7 Å². The van der Waals surface area contributed by atoms with Crippen LogP contribution in [0.4, 0.5) is 13.2 Å². The van der Waals surface area contributed by atoms with E-state index >= 15 is 0 Å². The maximum absolute atomic E-state index is 12.6. The van der Waals surface area contributed by atoms with Crippen molar-refractivity contribution in [3.63, 3.8) is 0 Å². The average Bonchev–Trinajstić information content (AvgIpc) is 2.18. The van der Waals surface area contributed by atoms with E-state index in [0.717, 1.165) is 0 Å². The first-order valence-electron chi connectivity index (χ1n) is 4.49. The smallest absolute Gasteiger partial charge is 0.405 e. The summed E-state index contributed by atoms with van der Waals surface area (Å²) in [4.78, 5) is -1.72. The second-order valence-corrected chi connectivity index (χ2v) is 4.85. The van der Waals surface area contributed by atoms with Crippen molar-refractivity contribution in [2.45, 2.75) is 17.9 Å². The van der Waals surface area contributed by atoms with Gasteiger partial charge in [0.25, 0.3) is 0 Å². The zero-order chi connectivity index (χ0) is 12.3. The zero-order valence-electron chi connectivity index (χ0n) is 8.31. The molecule has 0 bridgehead atoms. The van der Waals surface area contributed by atoms with Gasteiger partial charge in [0.2, 0.25) is 0 Å². The summed E-state index contributed by atoms with van der Waals surface area (Å²) in [6, 6.07) is 4.56. The predicted molar refractivity (Wildman–Crippen MR) is 63.0 cm³/mol. The van der Waals surface area contributed by atoms with Gasteiger partial charge in [0.1, 0.15) is 10.6 Å². The highest BCUT2D eigenvalue weighted by Crippen LogP contribution is 2.44. The first-order valence-corrected chi connectivity index (χ1v) is 6.20. The summed E-state index contributed by atoms with van der Waals surface area (Å²) in [6.45, 7) is 2.05. The van der Waals surface area contributed by atoms with Crippen molar-refractivity contribution in [2.24, 2.45) is 0 Å². The van der Waals surface area contributed by atoms with Crippen LogP contribution in [0.2, 0.25) is 0 Å². The summed E-state index contributed by atoms with van der Waals surface area (Å²) in [5.74, 6) is 0.241. The predicted octanol–water partition coefficient (Wildman–Crippen LogP) is 4.85. The molecule has 0 aliphatic rings. The molecule has 0 aliphatic carbocycles. The third-order valence-electron chi connectivity index (χ3n) is 1.83. The third kappa shape index (κ3) is 3.38. The molecule has 0 radical (unpaired) electrons. The lowest BCUT2D eigenvalue weighted by atomic mass is 10.1. The van der Waals surface area contributed by atoms with Crippen LogP contribution in [-0.4, -0.2) is 12.8 Å². The van der Waals surface area contributed by atoms with Gasteiger partial charge in [0.15, 0.2) is 0 Å². The van der Waals surface area contributed by atoms with E-state index in [1.807, 2.05) is 0 Å². The monoisotopic (exact) mass is 360 g/mol. The van der Waals surface area contributed by atoms with Crippen molar-refractivity contribution in [1.82, 2.24) is 0 Å². The van der Waals surface area contributed by atoms with E-state index in [4.69, 9.17) is 4.74 Å². The molecule has 0 amide bonds. The van der Waals surface area contributed by atoms with Crippen LogP contribution in [0, 0.1) is 0 Å². The fourth-order valence-corrected chi connectivity index (χ4v) is 1.92. The summed E-state index contributed by atoms with van der Waals surface area (Å²) in [5, 5.41) is 0. The van der Waals surface area contributed by atoms with Crippen molar-refractivity contribution < 1.29 is 17.9 Å². The molecule has 1 aromatic rings. The van der Waals surface area contributed by atoms with Gasteiger partial charge in [0, 0.05) is 10.0 Å². The summed E-state index contributed by atoms with van der Waals surface area (Å²) < 4.78 is 43.4. The molecule has 1 unspecified atom stereocenters. The van der Waals surface area contributed by atoms with Gasteiger partial charge in [0.05, 0.1) is 6.61 Å². The van der Waals surface area contributed by atoms with Gasteiger partial charge in [-0.25, -0.2) is 0 Å². The van der Waals surface area contributed by atoms with E-state index in [-0.39, 0.29) is 11.3 Å². The van der Waals surface area contributed by atoms with E-state index in [1.54, 1.807) is 13.0 Å². The Morgan fingerprint density at radius 2 is 2.00 bits per heavy atom. The van der Waals surface area contributed by atoms with Crippen molar-refractivity contribution in [3.8, 4) is 5.75 Å². The summed E-state index contributed by atoms with van der Waals surface area (Å²) in [5.41, 5.74) is 0.0729. The largest absolute Gasteiger partial charge is 0.494 e. The van der Waals surface area contributed by atoms with Crippen LogP contribution >= 0.6 is 31.9 Å². The number of ether oxygens (including phenoxy) is 1. The van der Waals surface area contributed by atoms with Gasteiger partial charge in [-0.1, -0.05) is 31.9 Å². The van der Waals surface area contributed by atoms with E-state index in [9.17, 15) is 13.2 Å². The molecule has 1 nitrogen and oxygen atoms in total. The molecule has 0 N–H and O–H groups in total. The summed E-state index contributed by atoms with van der Waals surface area (Å²) >= 11 is 5.77. The Morgan fingerprint density at radius 3 is 2.50 bits per heavy atom. The van der Waals surface area contributed by atoms with Crippen molar-refractivity contribution in [2.75, 3.05) is 6.61 Å². The van der Waals surface area contributed by atoms with Crippen molar-refractivity contribution >= 4 is 31.9 Å². The second kappa shape index (κ2) is 5.40. The number of rotatable bonds is 3. The minimum Gasteiger partial charge on any atom is -0.494 e. The Bertz CT molecular complexity index is 366. The zero-order valence-corrected chi connectivity index (χ0v) is 11.5. The highest BCUT2D eigenvalue weighted by Gasteiger charge is 2.40. The van der Waals surface area contributed by atoms with Gasteiger partial charge < -0.3 is 4.74 Å². The van der Waals surface area contributed by atoms with Crippen LogP contribution in [0.1, 0.15) is 17.3 Å². The van der Waals surface area contributed by atoms with Gasteiger partial charge in [-0.05, 0) is 25.1 Å². The first-order chi connectivity index (χ1) is 7.36.